The molecule has 0 heterocycles. The third kappa shape index (κ3) is 5.27. The van der Waals surface area contributed by atoms with Gasteiger partial charge in [-0.25, -0.2) is 0 Å². The first-order chi connectivity index (χ1) is 8.47. The molecule has 3 unspecified atom stereocenters. The topological polar surface area (TPSA) is 32.3 Å². The molecule has 1 aliphatic carbocycles. The van der Waals surface area contributed by atoms with E-state index >= 15 is 0 Å². The third-order valence-corrected chi connectivity index (χ3v) is 4.64. The van der Waals surface area contributed by atoms with Crippen molar-refractivity contribution in [3.63, 3.8) is 0 Å². The minimum atomic E-state index is 0.308. The fourth-order valence-electron chi connectivity index (χ4n) is 3.23. The molecule has 3 atom stereocenters. The van der Waals surface area contributed by atoms with Crippen molar-refractivity contribution < 1.29 is 5.11 Å². The second kappa shape index (κ2) is 7.49. The maximum atomic E-state index is 9.06. The summed E-state index contributed by atoms with van der Waals surface area (Å²) in [7, 11) is 0. The van der Waals surface area contributed by atoms with Gasteiger partial charge in [0.1, 0.15) is 0 Å². The number of rotatable bonds is 5. The highest BCUT2D eigenvalue weighted by molar-refractivity contribution is 4.82. The minimum Gasteiger partial charge on any atom is -0.396 e. The Morgan fingerprint density at radius 1 is 1.17 bits per heavy atom. The van der Waals surface area contributed by atoms with Crippen LogP contribution in [0.15, 0.2) is 0 Å². The van der Waals surface area contributed by atoms with Crippen LogP contribution in [0.2, 0.25) is 0 Å². The Kier molecular flexibility index (Phi) is 6.65. The van der Waals surface area contributed by atoms with Gasteiger partial charge in [-0.2, -0.15) is 0 Å². The molecule has 0 radical (unpaired) electrons. The number of aliphatic hydroxyl groups is 1. The van der Waals surface area contributed by atoms with E-state index in [1.54, 1.807) is 0 Å². The molecule has 0 bridgehead atoms. The fraction of sp³-hybridized carbons (Fsp3) is 1.00. The van der Waals surface area contributed by atoms with E-state index < -0.39 is 0 Å². The Balaban J connectivity index is 2.41. The highest BCUT2D eigenvalue weighted by atomic mass is 16.3. The van der Waals surface area contributed by atoms with Crippen molar-refractivity contribution in [2.75, 3.05) is 6.61 Å². The van der Waals surface area contributed by atoms with Crippen molar-refractivity contribution in [1.29, 1.82) is 0 Å². The van der Waals surface area contributed by atoms with Gasteiger partial charge in [0.25, 0.3) is 0 Å². The van der Waals surface area contributed by atoms with Gasteiger partial charge in [-0.1, -0.05) is 34.1 Å². The van der Waals surface area contributed by atoms with Gasteiger partial charge < -0.3 is 10.4 Å². The molecule has 0 aromatic rings. The molecular formula is C16H33NO. The zero-order valence-electron chi connectivity index (χ0n) is 12.8. The molecule has 2 N–H and O–H groups in total. The molecule has 2 heteroatoms. The standard InChI is InChI=1S/C16H33NO/c1-5-14(11-12-18)17-15-8-6-7-13(9-10-15)16(2,3)4/h13-15,17-18H,5-12H2,1-4H3. The van der Waals surface area contributed by atoms with Gasteiger partial charge in [-0.05, 0) is 49.9 Å². The van der Waals surface area contributed by atoms with E-state index in [1.807, 2.05) is 0 Å². The summed E-state index contributed by atoms with van der Waals surface area (Å²) < 4.78 is 0. The summed E-state index contributed by atoms with van der Waals surface area (Å²) in [5.74, 6) is 0.877. The van der Waals surface area contributed by atoms with E-state index in [0.29, 0.717) is 24.1 Å². The molecule has 108 valence electrons. The van der Waals surface area contributed by atoms with E-state index in [9.17, 15) is 0 Å². The summed E-state index contributed by atoms with van der Waals surface area (Å²) in [6, 6.07) is 1.18. The average Bonchev–Trinajstić information content (AvgIpc) is 2.53. The Morgan fingerprint density at radius 3 is 2.44 bits per heavy atom. The lowest BCUT2D eigenvalue weighted by Gasteiger charge is -2.30. The minimum absolute atomic E-state index is 0.308. The first-order valence-electron chi connectivity index (χ1n) is 7.84. The van der Waals surface area contributed by atoms with Crippen LogP contribution in [0.3, 0.4) is 0 Å². The molecule has 1 rings (SSSR count). The second-order valence-electron chi connectivity index (χ2n) is 7.05. The lowest BCUT2D eigenvalue weighted by Crippen LogP contribution is -2.38. The third-order valence-electron chi connectivity index (χ3n) is 4.64. The molecule has 0 saturated heterocycles. The van der Waals surface area contributed by atoms with Gasteiger partial charge in [0.05, 0.1) is 0 Å². The molecule has 18 heavy (non-hydrogen) atoms. The number of hydrogen-bond donors (Lipinski definition) is 2. The molecule has 1 fully saturated rings. The summed E-state index contributed by atoms with van der Waals surface area (Å²) in [4.78, 5) is 0. The van der Waals surface area contributed by atoms with Gasteiger partial charge in [-0.15, -0.1) is 0 Å². The first-order valence-corrected chi connectivity index (χ1v) is 7.84. The Morgan fingerprint density at radius 2 is 1.89 bits per heavy atom. The highest BCUT2D eigenvalue weighted by Crippen LogP contribution is 2.36. The van der Waals surface area contributed by atoms with Crippen LogP contribution in [0.4, 0.5) is 0 Å². The lowest BCUT2D eigenvalue weighted by molar-refractivity contribution is 0.212. The van der Waals surface area contributed by atoms with Gasteiger partial charge in [0, 0.05) is 18.7 Å². The van der Waals surface area contributed by atoms with Crippen LogP contribution >= 0.6 is 0 Å². The molecule has 0 aliphatic heterocycles. The van der Waals surface area contributed by atoms with Crippen molar-refractivity contribution in [3.8, 4) is 0 Å². The van der Waals surface area contributed by atoms with E-state index in [1.165, 1.54) is 32.1 Å². The molecule has 0 amide bonds. The van der Waals surface area contributed by atoms with Gasteiger partial charge in [0.15, 0.2) is 0 Å². The lowest BCUT2D eigenvalue weighted by atomic mass is 9.76. The number of hydrogen-bond acceptors (Lipinski definition) is 2. The molecule has 0 spiro atoms. The summed E-state index contributed by atoms with van der Waals surface area (Å²) in [6.07, 6.45) is 8.75. The van der Waals surface area contributed by atoms with Crippen LogP contribution in [0.1, 0.15) is 72.6 Å². The molecule has 0 aromatic carbocycles. The van der Waals surface area contributed by atoms with Crippen LogP contribution < -0.4 is 5.32 Å². The van der Waals surface area contributed by atoms with Crippen molar-refractivity contribution in [1.82, 2.24) is 5.32 Å². The van der Waals surface area contributed by atoms with Crippen molar-refractivity contribution in [2.24, 2.45) is 11.3 Å². The van der Waals surface area contributed by atoms with Gasteiger partial charge >= 0.3 is 0 Å². The molecule has 0 aromatic heterocycles. The summed E-state index contributed by atoms with van der Waals surface area (Å²) in [5, 5.41) is 12.8. The molecule has 1 aliphatic rings. The van der Waals surface area contributed by atoms with E-state index in [-0.39, 0.29) is 0 Å². The van der Waals surface area contributed by atoms with E-state index in [2.05, 4.69) is 33.0 Å². The smallest absolute Gasteiger partial charge is 0.0445 e. The fourth-order valence-corrected chi connectivity index (χ4v) is 3.23. The largest absolute Gasteiger partial charge is 0.396 e. The maximum absolute atomic E-state index is 9.06. The van der Waals surface area contributed by atoms with Crippen molar-refractivity contribution in [2.45, 2.75) is 84.7 Å². The number of nitrogens with one attached hydrogen (secondary N) is 1. The van der Waals surface area contributed by atoms with Gasteiger partial charge in [0.2, 0.25) is 0 Å². The Hall–Kier alpha value is -0.0800. The Bertz CT molecular complexity index is 222. The van der Waals surface area contributed by atoms with Crippen molar-refractivity contribution in [3.05, 3.63) is 0 Å². The predicted molar refractivity (Wildman–Crippen MR) is 78.7 cm³/mol. The normalized spacial score (nSPS) is 27.8. The monoisotopic (exact) mass is 255 g/mol. The van der Waals surface area contributed by atoms with Crippen LogP contribution in [0.25, 0.3) is 0 Å². The molecular weight excluding hydrogens is 222 g/mol. The van der Waals surface area contributed by atoms with Crippen LogP contribution in [-0.2, 0) is 0 Å². The van der Waals surface area contributed by atoms with Gasteiger partial charge in [-0.3, -0.25) is 0 Å². The summed E-state index contributed by atoms with van der Waals surface area (Å²) in [6.45, 7) is 9.66. The predicted octanol–water partition coefficient (Wildman–Crippen LogP) is 3.73. The second-order valence-corrected chi connectivity index (χ2v) is 7.05. The van der Waals surface area contributed by atoms with E-state index in [4.69, 9.17) is 5.11 Å². The molecule has 1 saturated carbocycles. The number of aliphatic hydroxyl groups excluding tert-OH is 1. The zero-order valence-corrected chi connectivity index (χ0v) is 12.8. The van der Waals surface area contributed by atoms with E-state index in [0.717, 1.165) is 18.8 Å². The average molecular weight is 255 g/mol. The van der Waals surface area contributed by atoms with Crippen LogP contribution in [0, 0.1) is 11.3 Å². The maximum Gasteiger partial charge on any atom is 0.0445 e. The highest BCUT2D eigenvalue weighted by Gasteiger charge is 2.28. The Labute approximate surface area is 114 Å². The van der Waals surface area contributed by atoms with Crippen molar-refractivity contribution >= 4 is 0 Å². The van der Waals surface area contributed by atoms with Crippen LogP contribution in [0.5, 0.6) is 0 Å². The zero-order chi connectivity index (χ0) is 13.6. The summed E-state index contributed by atoms with van der Waals surface area (Å²) >= 11 is 0. The first kappa shape index (κ1) is 16.0. The summed E-state index contributed by atoms with van der Waals surface area (Å²) in [5.41, 5.74) is 0.462. The SMILES string of the molecule is CCC(CCO)NC1CCCC(C(C)(C)C)CC1. The van der Waals surface area contributed by atoms with Crippen LogP contribution in [-0.4, -0.2) is 23.8 Å². The molecule has 2 nitrogen and oxygen atoms in total. The quantitative estimate of drug-likeness (QED) is 0.734.